The van der Waals surface area contributed by atoms with E-state index in [-0.39, 0.29) is 22.3 Å². The number of anilines is 1. The van der Waals surface area contributed by atoms with Crippen molar-refractivity contribution >= 4 is 22.6 Å². The van der Waals surface area contributed by atoms with E-state index in [2.05, 4.69) is 10.3 Å². The molecule has 1 amide bonds. The van der Waals surface area contributed by atoms with Crippen molar-refractivity contribution in [2.75, 3.05) is 5.32 Å². The second kappa shape index (κ2) is 7.56. The molecular weight excluding hydrogens is 425 g/mol. The number of nitrogens with one attached hydrogen (secondary N) is 2. The Morgan fingerprint density at radius 3 is 2.22 bits per heavy atom. The fraction of sp³-hybridized carbons (Fsp3) is 0.136. The SMILES string of the molecule is Cc1ccc(-n2c(=O)[nH]c3c(C(=O)Nc4ccc(C(F)(F)F)cc4)cn(C)c3c2=O)cc1. The third kappa shape index (κ3) is 3.70. The summed E-state index contributed by atoms with van der Waals surface area (Å²) < 4.78 is 40.5. The van der Waals surface area contributed by atoms with Gasteiger partial charge in [-0.25, -0.2) is 9.36 Å². The number of hydrogen-bond donors (Lipinski definition) is 2. The van der Waals surface area contributed by atoms with Gasteiger partial charge in [0.05, 0.1) is 22.3 Å². The van der Waals surface area contributed by atoms with Crippen molar-refractivity contribution < 1.29 is 18.0 Å². The first-order valence-electron chi connectivity index (χ1n) is 9.46. The van der Waals surface area contributed by atoms with Crippen LogP contribution in [0.3, 0.4) is 0 Å². The number of fused-ring (bicyclic) bond motifs is 1. The number of amides is 1. The number of aryl methyl sites for hydroxylation is 2. The third-order valence-electron chi connectivity index (χ3n) is 5.03. The molecule has 0 fully saturated rings. The number of carbonyl (C=O) groups is 1. The van der Waals surface area contributed by atoms with Crippen LogP contribution in [-0.4, -0.2) is 20.0 Å². The van der Waals surface area contributed by atoms with Gasteiger partial charge in [-0.05, 0) is 43.3 Å². The van der Waals surface area contributed by atoms with E-state index in [0.717, 1.165) is 34.4 Å². The zero-order valence-corrected chi connectivity index (χ0v) is 16.9. The lowest BCUT2D eigenvalue weighted by molar-refractivity contribution is -0.137. The molecule has 0 aliphatic heterocycles. The van der Waals surface area contributed by atoms with E-state index in [4.69, 9.17) is 0 Å². The molecule has 0 bridgehead atoms. The first-order valence-corrected chi connectivity index (χ1v) is 9.46. The predicted octanol–water partition coefficient (Wildman–Crippen LogP) is 3.60. The summed E-state index contributed by atoms with van der Waals surface area (Å²) in [6, 6.07) is 10.7. The van der Waals surface area contributed by atoms with Gasteiger partial charge in [-0.15, -0.1) is 0 Å². The number of hydrogen-bond acceptors (Lipinski definition) is 3. The molecule has 10 heteroatoms. The molecule has 2 aromatic carbocycles. The Bertz CT molecular complexity index is 1440. The molecule has 0 unspecified atom stereocenters. The molecule has 0 saturated carbocycles. The zero-order chi connectivity index (χ0) is 23.2. The van der Waals surface area contributed by atoms with Gasteiger partial charge in [0.2, 0.25) is 0 Å². The third-order valence-corrected chi connectivity index (χ3v) is 5.03. The average Bonchev–Trinajstić information content (AvgIpc) is 3.05. The molecule has 2 N–H and O–H groups in total. The molecule has 4 rings (SSSR count). The average molecular weight is 442 g/mol. The summed E-state index contributed by atoms with van der Waals surface area (Å²) in [6.07, 6.45) is -3.12. The Labute approximate surface area is 178 Å². The number of rotatable bonds is 3. The number of carbonyl (C=O) groups excluding carboxylic acids is 1. The Kier molecular flexibility index (Phi) is 5.00. The smallest absolute Gasteiger partial charge is 0.344 e. The van der Waals surface area contributed by atoms with Crippen LogP contribution in [0, 0.1) is 6.92 Å². The predicted molar refractivity (Wildman–Crippen MR) is 113 cm³/mol. The molecule has 0 aliphatic rings. The van der Waals surface area contributed by atoms with Crippen LogP contribution in [-0.2, 0) is 13.2 Å². The number of benzene rings is 2. The first kappa shape index (κ1) is 21.2. The van der Waals surface area contributed by atoms with Crippen LogP contribution in [0.15, 0.2) is 64.3 Å². The summed E-state index contributed by atoms with van der Waals surface area (Å²) in [5, 5.41) is 2.48. The lowest BCUT2D eigenvalue weighted by Gasteiger charge is -2.09. The quantitative estimate of drug-likeness (QED) is 0.508. The van der Waals surface area contributed by atoms with Gasteiger partial charge in [0, 0.05) is 18.9 Å². The Morgan fingerprint density at radius 2 is 1.62 bits per heavy atom. The van der Waals surface area contributed by atoms with Gasteiger partial charge in [0.1, 0.15) is 5.52 Å². The van der Waals surface area contributed by atoms with Crippen molar-refractivity contribution in [3.8, 4) is 5.69 Å². The highest BCUT2D eigenvalue weighted by Gasteiger charge is 2.30. The second-order valence-electron chi connectivity index (χ2n) is 7.31. The van der Waals surface area contributed by atoms with Gasteiger partial charge in [-0.1, -0.05) is 17.7 Å². The van der Waals surface area contributed by atoms with E-state index in [9.17, 15) is 27.6 Å². The van der Waals surface area contributed by atoms with Crippen LogP contribution >= 0.6 is 0 Å². The first-order chi connectivity index (χ1) is 15.1. The van der Waals surface area contributed by atoms with Crippen LogP contribution < -0.4 is 16.6 Å². The maximum atomic E-state index is 13.1. The van der Waals surface area contributed by atoms with E-state index in [1.807, 2.05) is 6.92 Å². The van der Waals surface area contributed by atoms with Crippen molar-refractivity contribution in [1.82, 2.24) is 14.1 Å². The minimum absolute atomic E-state index is 0.00709. The summed E-state index contributed by atoms with van der Waals surface area (Å²) in [5.74, 6) is -0.682. The molecule has 0 radical (unpaired) electrons. The number of aromatic nitrogens is 3. The Hall–Kier alpha value is -4.08. The fourth-order valence-electron chi connectivity index (χ4n) is 3.41. The highest BCUT2D eigenvalue weighted by atomic mass is 19.4. The molecule has 2 aromatic heterocycles. The van der Waals surface area contributed by atoms with Crippen molar-refractivity contribution in [2.24, 2.45) is 7.05 Å². The summed E-state index contributed by atoms with van der Waals surface area (Å²) in [6.45, 7) is 1.87. The van der Waals surface area contributed by atoms with Gasteiger partial charge < -0.3 is 14.9 Å². The molecule has 0 aliphatic carbocycles. The van der Waals surface area contributed by atoms with Gasteiger partial charge >= 0.3 is 11.9 Å². The maximum Gasteiger partial charge on any atom is 0.416 e. The maximum absolute atomic E-state index is 13.1. The number of aromatic amines is 1. The number of halogens is 3. The number of nitrogens with zero attached hydrogens (tertiary/aromatic N) is 2. The van der Waals surface area contributed by atoms with Crippen LogP contribution in [0.5, 0.6) is 0 Å². The molecule has 0 spiro atoms. The lowest BCUT2D eigenvalue weighted by atomic mass is 10.2. The molecule has 2 heterocycles. The van der Waals surface area contributed by atoms with Crippen LogP contribution in [0.2, 0.25) is 0 Å². The Morgan fingerprint density at radius 1 is 1.00 bits per heavy atom. The molecule has 0 saturated heterocycles. The van der Waals surface area contributed by atoms with Gasteiger partial charge in [0.15, 0.2) is 0 Å². The van der Waals surface area contributed by atoms with Crippen molar-refractivity contribution in [3.05, 3.63) is 92.3 Å². The van der Waals surface area contributed by atoms with Crippen molar-refractivity contribution in [3.63, 3.8) is 0 Å². The van der Waals surface area contributed by atoms with E-state index in [1.54, 1.807) is 31.3 Å². The molecule has 4 aromatic rings. The van der Waals surface area contributed by atoms with E-state index in [1.165, 1.54) is 10.8 Å². The summed E-state index contributed by atoms with van der Waals surface area (Å²) in [5.41, 5.74) is -0.561. The Balaban J connectivity index is 1.74. The summed E-state index contributed by atoms with van der Waals surface area (Å²) in [7, 11) is 1.55. The summed E-state index contributed by atoms with van der Waals surface area (Å²) >= 11 is 0. The zero-order valence-electron chi connectivity index (χ0n) is 16.9. The fourth-order valence-corrected chi connectivity index (χ4v) is 3.41. The van der Waals surface area contributed by atoms with Crippen LogP contribution in [0.1, 0.15) is 21.5 Å². The van der Waals surface area contributed by atoms with E-state index < -0.39 is 28.9 Å². The van der Waals surface area contributed by atoms with Crippen LogP contribution in [0.25, 0.3) is 16.7 Å². The van der Waals surface area contributed by atoms with Gasteiger partial charge in [0.25, 0.3) is 11.5 Å². The van der Waals surface area contributed by atoms with Gasteiger partial charge in [-0.3, -0.25) is 9.59 Å². The lowest BCUT2D eigenvalue weighted by Crippen LogP contribution is -2.34. The van der Waals surface area contributed by atoms with Crippen LogP contribution in [0.4, 0.5) is 18.9 Å². The molecule has 32 heavy (non-hydrogen) atoms. The number of alkyl halides is 3. The highest BCUT2D eigenvalue weighted by Crippen LogP contribution is 2.30. The molecule has 7 nitrogen and oxygen atoms in total. The minimum atomic E-state index is -4.49. The largest absolute Gasteiger partial charge is 0.416 e. The standard InChI is InChI=1S/C22H17F3N4O3/c1-12-3-9-15(10-4-12)29-20(31)18-17(27-21(29)32)16(11-28(18)2)19(30)26-14-7-5-13(6-8-14)22(23,24)25/h3-11H,1-2H3,(H,26,30)(H,27,32). The van der Waals surface area contributed by atoms with E-state index >= 15 is 0 Å². The minimum Gasteiger partial charge on any atom is -0.344 e. The van der Waals surface area contributed by atoms with Crippen molar-refractivity contribution in [1.29, 1.82) is 0 Å². The topological polar surface area (TPSA) is 88.9 Å². The normalized spacial score (nSPS) is 11.7. The van der Waals surface area contributed by atoms with E-state index in [0.29, 0.717) is 5.69 Å². The second-order valence-corrected chi connectivity index (χ2v) is 7.31. The molecule has 0 atom stereocenters. The highest BCUT2D eigenvalue weighted by molar-refractivity contribution is 6.11. The van der Waals surface area contributed by atoms with Gasteiger partial charge in [-0.2, -0.15) is 13.2 Å². The van der Waals surface area contributed by atoms with Crippen molar-refractivity contribution in [2.45, 2.75) is 13.1 Å². The molecular formula is C22H17F3N4O3. The monoisotopic (exact) mass is 442 g/mol. The summed E-state index contributed by atoms with van der Waals surface area (Å²) in [4.78, 5) is 41.1. The molecule has 164 valence electrons. The number of H-pyrrole nitrogens is 1.